The fourth-order valence-corrected chi connectivity index (χ4v) is 3.59. The van der Waals surface area contributed by atoms with Gasteiger partial charge in [0.05, 0.1) is 11.6 Å². The molecule has 0 spiro atoms. The van der Waals surface area contributed by atoms with Gasteiger partial charge in [-0.05, 0) is 18.2 Å². The van der Waals surface area contributed by atoms with Crippen LogP contribution in [0.15, 0.2) is 42.5 Å². The molecule has 3 aromatic rings. The zero-order valence-electron chi connectivity index (χ0n) is 15.9. The Kier molecular flexibility index (Phi) is 5.33. The summed E-state index contributed by atoms with van der Waals surface area (Å²) >= 11 is 5.98. The van der Waals surface area contributed by atoms with E-state index in [0.29, 0.717) is 29.8 Å². The molecule has 0 saturated carbocycles. The van der Waals surface area contributed by atoms with Gasteiger partial charge in [0, 0.05) is 48.0 Å². The van der Waals surface area contributed by atoms with Crippen molar-refractivity contribution in [2.45, 2.75) is 13.0 Å². The first-order valence-corrected chi connectivity index (χ1v) is 9.71. The van der Waals surface area contributed by atoms with E-state index in [1.54, 1.807) is 29.2 Å². The minimum Gasteiger partial charge on any atom is -0.507 e. The predicted molar refractivity (Wildman–Crippen MR) is 110 cm³/mol. The van der Waals surface area contributed by atoms with Crippen molar-refractivity contribution >= 4 is 23.4 Å². The van der Waals surface area contributed by atoms with Gasteiger partial charge in [0.25, 0.3) is 5.91 Å². The molecular formula is C21H19ClN4O4. The lowest BCUT2D eigenvalue weighted by Gasteiger charge is -2.27. The number of aromatic amines is 1. The highest BCUT2D eigenvalue weighted by atomic mass is 35.5. The first kappa shape index (κ1) is 19.8. The number of halogens is 1. The van der Waals surface area contributed by atoms with E-state index in [9.17, 15) is 19.8 Å². The number of benzene rings is 2. The maximum Gasteiger partial charge on any atom is 0.251 e. The summed E-state index contributed by atoms with van der Waals surface area (Å²) in [6.07, 6.45) is 0.563. The van der Waals surface area contributed by atoms with Crippen LogP contribution in [0.5, 0.6) is 11.5 Å². The monoisotopic (exact) mass is 426 g/mol. The number of carbonyl (C=O) groups is 2. The van der Waals surface area contributed by atoms with Gasteiger partial charge in [0.1, 0.15) is 17.2 Å². The third-order valence-electron chi connectivity index (χ3n) is 5.04. The molecule has 0 saturated heterocycles. The first-order chi connectivity index (χ1) is 14.4. The van der Waals surface area contributed by atoms with Gasteiger partial charge in [0.2, 0.25) is 5.91 Å². The van der Waals surface area contributed by atoms with Crippen molar-refractivity contribution in [2.75, 3.05) is 13.1 Å². The van der Waals surface area contributed by atoms with Gasteiger partial charge < -0.3 is 20.4 Å². The topological polar surface area (TPSA) is 119 Å². The summed E-state index contributed by atoms with van der Waals surface area (Å²) in [5.41, 5.74) is 2.95. The van der Waals surface area contributed by atoms with Gasteiger partial charge in [-0.25, -0.2) is 0 Å². The minimum atomic E-state index is -0.311. The van der Waals surface area contributed by atoms with Crippen LogP contribution >= 0.6 is 11.6 Å². The molecule has 4 N–H and O–H groups in total. The second-order valence-electron chi connectivity index (χ2n) is 6.96. The SMILES string of the molecule is O=C(NCC(=O)N1CCc2[nH]nc(-c3cc(Cl)c(O)cc3O)c2C1)c1ccccc1. The minimum absolute atomic E-state index is 0.0897. The molecule has 0 aliphatic carbocycles. The molecule has 2 aromatic carbocycles. The number of amides is 2. The van der Waals surface area contributed by atoms with Crippen molar-refractivity contribution < 1.29 is 19.8 Å². The Balaban J connectivity index is 1.48. The lowest BCUT2D eigenvalue weighted by atomic mass is 10.00. The lowest BCUT2D eigenvalue weighted by Crippen LogP contribution is -2.42. The number of aromatic nitrogens is 2. The van der Waals surface area contributed by atoms with Crippen molar-refractivity contribution in [1.29, 1.82) is 0 Å². The molecule has 9 heteroatoms. The smallest absolute Gasteiger partial charge is 0.251 e. The molecular weight excluding hydrogens is 408 g/mol. The third kappa shape index (κ3) is 3.81. The van der Waals surface area contributed by atoms with E-state index in [1.165, 1.54) is 6.07 Å². The highest BCUT2D eigenvalue weighted by Crippen LogP contribution is 2.39. The molecule has 0 unspecified atom stereocenters. The molecule has 154 valence electrons. The highest BCUT2D eigenvalue weighted by molar-refractivity contribution is 6.32. The quantitative estimate of drug-likeness (QED) is 0.511. The van der Waals surface area contributed by atoms with Crippen molar-refractivity contribution in [3.05, 3.63) is 64.3 Å². The van der Waals surface area contributed by atoms with E-state index in [0.717, 1.165) is 17.3 Å². The second-order valence-corrected chi connectivity index (χ2v) is 7.37. The number of nitrogens with one attached hydrogen (secondary N) is 2. The molecule has 0 bridgehead atoms. The van der Waals surface area contributed by atoms with Gasteiger partial charge in [-0.3, -0.25) is 14.7 Å². The summed E-state index contributed by atoms with van der Waals surface area (Å²) in [6.45, 7) is 0.642. The molecule has 2 heterocycles. The Morgan fingerprint density at radius 3 is 2.70 bits per heavy atom. The van der Waals surface area contributed by atoms with Gasteiger partial charge >= 0.3 is 0 Å². The number of rotatable bonds is 4. The Bertz CT molecular complexity index is 1110. The van der Waals surface area contributed by atoms with E-state index >= 15 is 0 Å². The highest BCUT2D eigenvalue weighted by Gasteiger charge is 2.27. The molecule has 0 fully saturated rings. The Morgan fingerprint density at radius 2 is 1.93 bits per heavy atom. The molecule has 4 rings (SSSR count). The summed E-state index contributed by atoms with van der Waals surface area (Å²) in [7, 11) is 0. The van der Waals surface area contributed by atoms with Crippen LogP contribution in [0.4, 0.5) is 0 Å². The summed E-state index contributed by atoms with van der Waals surface area (Å²) in [4.78, 5) is 26.5. The van der Waals surface area contributed by atoms with Crippen molar-refractivity contribution in [2.24, 2.45) is 0 Å². The molecule has 1 aliphatic rings. The zero-order chi connectivity index (χ0) is 21.3. The van der Waals surface area contributed by atoms with Crippen LogP contribution in [-0.2, 0) is 17.8 Å². The fourth-order valence-electron chi connectivity index (χ4n) is 3.43. The van der Waals surface area contributed by atoms with Gasteiger partial charge in [0.15, 0.2) is 0 Å². The van der Waals surface area contributed by atoms with Crippen molar-refractivity contribution in [1.82, 2.24) is 20.4 Å². The van der Waals surface area contributed by atoms with Crippen LogP contribution < -0.4 is 5.32 Å². The van der Waals surface area contributed by atoms with Crippen LogP contribution in [0.3, 0.4) is 0 Å². The number of hydrogen-bond donors (Lipinski definition) is 4. The summed E-state index contributed by atoms with van der Waals surface area (Å²) < 4.78 is 0. The van der Waals surface area contributed by atoms with E-state index < -0.39 is 0 Å². The van der Waals surface area contributed by atoms with Crippen LogP contribution in [0.1, 0.15) is 21.6 Å². The molecule has 2 amide bonds. The number of phenolic OH excluding ortho intramolecular Hbond substituents is 2. The van der Waals surface area contributed by atoms with Crippen LogP contribution in [0.25, 0.3) is 11.3 Å². The Labute approximate surface area is 177 Å². The van der Waals surface area contributed by atoms with Gasteiger partial charge in [-0.1, -0.05) is 29.8 Å². The fraction of sp³-hybridized carbons (Fsp3) is 0.190. The number of nitrogens with zero attached hydrogens (tertiary/aromatic N) is 2. The van der Waals surface area contributed by atoms with Gasteiger partial charge in [-0.15, -0.1) is 0 Å². The van der Waals surface area contributed by atoms with E-state index in [4.69, 9.17) is 11.6 Å². The van der Waals surface area contributed by atoms with Crippen LogP contribution in [0.2, 0.25) is 5.02 Å². The lowest BCUT2D eigenvalue weighted by molar-refractivity contribution is -0.131. The number of aromatic hydroxyl groups is 2. The second kappa shape index (κ2) is 8.08. The molecule has 0 atom stereocenters. The first-order valence-electron chi connectivity index (χ1n) is 9.33. The predicted octanol–water partition coefficient (Wildman–Crippen LogP) is 2.46. The standard InChI is InChI=1S/C21H19ClN4O4/c22-15-8-13(17(27)9-18(15)28)20-14-11-26(7-6-16(14)24-25-20)19(29)10-23-21(30)12-4-2-1-3-5-12/h1-5,8-9,27-28H,6-7,10-11H2,(H,23,30)(H,24,25). The molecule has 8 nitrogen and oxygen atoms in total. The summed E-state index contributed by atoms with van der Waals surface area (Å²) in [5, 5.41) is 29.8. The Hall–Kier alpha value is -3.52. The maximum atomic E-state index is 12.7. The summed E-state index contributed by atoms with van der Waals surface area (Å²) in [5.74, 6) is -0.919. The number of H-pyrrole nitrogens is 1. The largest absolute Gasteiger partial charge is 0.507 e. The van der Waals surface area contributed by atoms with E-state index in [1.807, 2.05) is 6.07 Å². The Morgan fingerprint density at radius 1 is 1.17 bits per heavy atom. The van der Waals surface area contributed by atoms with E-state index in [-0.39, 0.29) is 41.4 Å². The van der Waals surface area contributed by atoms with Crippen molar-refractivity contribution in [3.63, 3.8) is 0 Å². The molecule has 1 aromatic heterocycles. The number of carbonyl (C=O) groups excluding carboxylic acids is 2. The zero-order valence-corrected chi connectivity index (χ0v) is 16.6. The van der Waals surface area contributed by atoms with Crippen LogP contribution in [0, 0.1) is 0 Å². The average molecular weight is 427 g/mol. The third-order valence-corrected chi connectivity index (χ3v) is 5.35. The summed E-state index contributed by atoms with van der Waals surface area (Å²) in [6, 6.07) is 11.3. The van der Waals surface area contributed by atoms with Crippen molar-refractivity contribution in [3.8, 4) is 22.8 Å². The molecule has 0 radical (unpaired) electrons. The normalized spacial score (nSPS) is 13.0. The van der Waals surface area contributed by atoms with E-state index in [2.05, 4.69) is 15.5 Å². The maximum absolute atomic E-state index is 12.7. The van der Waals surface area contributed by atoms with Crippen LogP contribution in [-0.4, -0.2) is 50.2 Å². The molecule has 1 aliphatic heterocycles. The number of phenols is 2. The number of fused-ring (bicyclic) bond motifs is 1. The van der Waals surface area contributed by atoms with Gasteiger partial charge in [-0.2, -0.15) is 5.10 Å². The number of hydrogen-bond acceptors (Lipinski definition) is 5. The molecule has 30 heavy (non-hydrogen) atoms. The average Bonchev–Trinajstić information content (AvgIpc) is 3.18.